The van der Waals surface area contributed by atoms with E-state index in [1.165, 1.54) is 0 Å². The second-order valence-electron chi connectivity index (χ2n) is 2.16. The first-order valence-corrected chi connectivity index (χ1v) is 3.40. The summed E-state index contributed by atoms with van der Waals surface area (Å²) in [5.74, 6) is -1.84. The van der Waals surface area contributed by atoms with Crippen LogP contribution in [0.4, 0.5) is 8.78 Å². The fraction of sp³-hybridized carbons (Fsp3) is 0. The monoisotopic (exact) mass is 192 g/mol. The fourth-order valence-electron chi connectivity index (χ4n) is 0.736. The maximum Gasteiger partial charge on any atom is 0.491 e. The van der Waals surface area contributed by atoms with Crippen molar-refractivity contribution in [1.29, 1.82) is 0 Å². The van der Waals surface area contributed by atoms with E-state index in [-0.39, 0.29) is 0 Å². The molecule has 12 heavy (non-hydrogen) atoms. The Morgan fingerprint density at radius 3 is 2.25 bits per heavy atom. The van der Waals surface area contributed by atoms with Crippen LogP contribution in [0.1, 0.15) is 0 Å². The summed E-state index contributed by atoms with van der Waals surface area (Å²) in [6.45, 7) is 0. The van der Waals surface area contributed by atoms with Crippen molar-refractivity contribution in [3.63, 3.8) is 0 Å². The van der Waals surface area contributed by atoms with Crippen molar-refractivity contribution in [2.24, 2.45) is 0 Å². The van der Waals surface area contributed by atoms with E-state index in [2.05, 4.69) is 0 Å². The van der Waals surface area contributed by atoms with E-state index in [4.69, 9.17) is 21.6 Å². The van der Waals surface area contributed by atoms with Crippen LogP contribution < -0.4 is 5.46 Å². The van der Waals surface area contributed by atoms with Crippen LogP contribution in [-0.2, 0) is 0 Å². The van der Waals surface area contributed by atoms with E-state index in [1.807, 2.05) is 0 Å². The summed E-state index contributed by atoms with van der Waals surface area (Å²) in [4.78, 5) is 0. The Hall–Kier alpha value is -0.645. The van der Waals surface area contributed by atoms with Crippen LogP contribution in [-0.4, -0.2) is 17.2 Å². The number of benzene rings is 1. The van der Waals surface area contributed by atoms with Gasteiger partial charge in [0.25, 0.3) is 0 Å². The van der Waals surface area contributed by atoms with Crippen molar-refractivity contribution >= 4 is 24.2 Å². The first-order chi connectivity index (χ1) is 5.52. The van der Waals surface area contributed by atoms with E-state index < -0.39 is 29.2 Å². The molecule has 64 valence electrons. The van der Waals surface area contributed by atoms with Crippen LogP contribution in [0.3, 0.4) is 0 Å². The number of hydrogen-bond acceptors (Lipinski definition) is 2. The van der Waals surface area contributed by atoms with Crippen LogP contribution in [0.5, 0.6) is 0 Å². The Balaban J connectivity index is 3.23. The number of hydrogen-bond donors (Lipinski definition) is 2. The highest BCUT2D eigenvalue weighted by molar-refractivity contribution is 6.58. The van der Waals surface area contributed by atoms with Crippen LogP contribution in [0.25, 0.3) is 0 Å². The SMILES string of the molecule is OB(O)c1cc(F)c(Cl)cc1F. The molecular weight excluding hydrogens is 188 g/mol. The molecule has 0 spiro atoms. The molecule has 0 amide bonds. The molecule has 6 heteroatoms. The van der Waals surface area contributed by atoms with Gasteiger partial charge in [-0.1, -0.05) is 11.6 Å². The zero-order valence-electron chi connectivity index (χ0n) is 5.76. The third-order valence-corrected chi connectivity index (χ3v) is 1.61. The van der Waals surface area contributed by atoms with Gasteiger partial charge in [-0.15, -0.1) is 0 Å². The summed E-state index contributed by atoms with van der Waals surface area (Å²) in [7, 11) is -2.03. The molecule has 2 nitrogen and oxygen atoms in total. The Morgan fingerprint density at radius 1 is 1.17 bits per heavy atom. The first-order valence-electron chi connectivity index (χ1n) is 3.03. The zero-order chi connectivity index (χ0) is 9.30. The van der Waals surface area contributed by atoms with Gasteiger partial charge in [-0.2, -0.15) is 0 Å². The maximum absolute atomic E-state index is 12.7. The highest BCUT2D eigenvalue weighted by Gasteiger charge is 2.18. The van der Waals surface area contributed by atoms with Gasteiger partial charge in [-0.05, 0) is 12.1 Å². The highest BCUT2D eigenvalue weighted by Crippen LogP contribution is 2.13. The molecule has 0 saturated carbocycles. The summed E-state index contributed by atoms with van der Waals surface area (Å²) in [5, 5.41) is 16.7. The van der Waals surface area contributed by atoms with Gasteiger partial charge in [-0.25, -0.2) is 8.78 Å². The van der Waals surface area contributed by atoms with Crippen molar-refractivity contribution in [2.75, 3.05) is 0 Å². The molecule has 1 aromatic rings. The standard InChI is InChI=1S/C6H4BClF2O2/c8-4-2-5(9)3(7(11)12)1-6(4)10/h1-2,11-12H. The third-order valence-electron chi connectivity index (χ3n) is 1.32. The minimum Gasteiger partial charge on any atom is -0.423 e. The van der Waals surface area contributed by atoms with Gasteiger partial charge in [0.05, 0.1) is 5.02 Å². The van der Waals surface area contributed by atoms with Crippen LogP contribution in [0, 0.1) is 11.6 Å². The van der Waals surface area contributed by atoms with Gasteiger partial charge in [-0.3, -0.25) is 0 Å². The molecule has 0 bridgehead atoms. The fourth-order valence-corrected chi connectivity index (χ4v) is 0.886. The summed E-state index contributed by atoms with van der Waals surface area (Å²) in [5.41, 5.74) is -0.531. The summed E-state index contributed by atoms with van der Waals surface area (Å²) in [6, 6.07) is 1.33. The first kappa shape index (κ1) is 9.44. The van der Waals surface area contributed by atoms with Crippen molar-refractivity contribution < 1.29 is 18.8 Å². The van der Waals surface area contributed by atoms with Gasteiger partial charge < -0.3 is 10.0 Å². The Kier molecular flexibility index (Phi) is 2.67. The molecule has 0 aliphatic rings. The highest BCUT2D eigenvalue weighted by atomic mass is 35.5. The number of halogens is 3. The van der Waals surface area contributed by atoms with E-state index >= 15 is 0 Å². The number of rotatable bonds is 1. The van der Waals surface area contributed by atoms with Gasteiger partial charge in [0, 0.05) is 5.46 Å². The predicted octanol–water partition coefficient (Wildman–Crippen LogP) is 0.298. The smallest absolute Gasteiger partial charge is 0.423 e. The molecular formula is C6H4BClF2O2. The summed E-state index contributed by atoms with van der Waals surface area (Å²) >= 11 is 5.21. The molecule has 0 saturated heterocycles. The maximum atomic E-state index is 12.7. The quantitative estimate of drug-likeness (QED) is 0.496. The van der Waals surface area contributed by atoms with Gasteiger partial charge in [0.2, 0.25) is 0 Å². The second kappa shape index (κ2) is 3.39. The lowest BCUT2D eigenvalue weighted by Crippen LogP contribution is -2.33. The van der Waals surface area contributed by atoms with Gasteiger partial charge >= 0.3 is 7.12 Å². The summed E-state index contributed by atoms with van der Waals surface area (Å²) < 4.78 is 25.3. The largest absolute Gasteiger partial charge is 0.491 e. The minimum absolute atomic E-state index is 0.392. The molecule has 1 aromatic carbocycles. The minimum atomic E-state index is -2.03. The second-order valence-corrected chi connectivity index (χ2v) is 2.57. The zero-order valence-corrected chi connectivity index (χ0v) is 6.52. The van der Waals surface area contributed by atoms with E-state index in [0.29, 0.717) is 12.1 Å². The van der Waals surface area contributed by atoms with Crippen LogP contribution in [0.2, 0.25) is 5.02 Å². The Morgan fingerprint density at radius 2 is 1.75 bits per heavy atom. The molecule has 0 aliphatic heterocycles. The Bertz CT molecular complexity index is 306. The van der Waals surface area contributed by atoms with Crippen molar-refractivity contribution in [1.82, 2.24) is 0 Å². The van der Waals surface area contributed by atoms with Crippen molar-refractivity contribution in [3.05, 3.63) is 28.8 Å². The normalized spacial score (nSPS) is 10.1. The molecule has 2 N–H and O–H groups in total. The average molecular weight is 192 g/mol. The van der Waals surface area contributed by atoms with E-state index in [9.17, 15) is 8.78 Å². The molecule has 1 rings (SSSR count). The lowest BCUT2D eigenvalue weighted by molar-refractivity contribution is 0.422. The van der Waals surface area contributed by atoms with E-state index in [1.54, 1.807) is 0 Å². The Labute approximate surface area is 72.5 Å². The molecule has 0 unspecified atom stereocenters. The van der Waals surface area contributed by atoms with Crippen molar-refractivity contribution in [2.45, 2.75) is 0 Å². The topological polar surface area (TPSA) is 40.5 Å². The summed E-state index contributed by atoms with van der Waals surface area (Å²) in [6.07, 6.45) is 0. The molecule has 0 aromatic heterocycles. The molecule has 0 aliphatic carbocycles. The predicted molar refractivity (Wildman–Crippen MR) is 41.2 cm³/mol. The van der Waals surface area contributed by atoms with Crippen LogP contribution in [0.15, 0.2) is 12.1 Å². The van der Waals surface area contributed by atoms with Crippen molar-refractivity contribution in [3.8, 4) is 0 Å². The average Bonchev–Trinajstić information content (AvgIpc) is 1.96. The lowest BCUT2D eigenvalue weighted by Gasteiger charge is -2.02. The van der Waals surface area contributed by atoms with E-state index in [0.717, 1.165) is 0 Å². The third kappa shape index (κ3) is 1.74. The van der Waals surface area contributed by atoms with Crippen LogP contribution >= 0.6 is 11.6 Å². The lowest BCUT2D eigenvalue weighted by atomic mass is 9.80. The molecule has 0 radical (unpaired) electrons. The van der Waals surface area contributed by atoms with Gasteiger partial charge in [0.1, 0.15) is 11.6 Å². The van der Waals surface area contributed by atoms with Gasteiger partial charge in [0.15, 0.2) is 0 Å². The molecule has 0 fully saturated rings. The molecule has 0 atom stereocenters. The molecule has 0 heterocycles.